The maximum absolute atomic E-state index is 5.75. The van der Waals surface area contributed by atoms with E-state index in [1.165, 1.54) is 33.3 Å². The minimum Gasteiger partial charge on any atom is -0.306 e. The molecule has 1 heterocycles. The lowest BCUT2D eigenvalue weighted by atomic mass is 10.00. The Labute approximate surface area is 74.2 Å². The molecule has 1 rings (SSSR count). The Morgan fingerprint density at radius 1 is 1.27 bits per heavy atom. The van der Waals surface area contributed by atoms with Gasteiger partial charge in [-0.1, -0.05) is 28.2 Å². The van der Waals surface area contributed by atoms with E-state index >= 15 is 0 Å². The summed E-state index contributed by atoms with van der Waals surface area (Å²) in [7, 11) is 3.45. The molecule has 1 nitrogen and oxygen atoms in total. The number of piperidine rings is 1. The molecular formula is C10H25N. The van der Waals surface area contributed by atoms with Gasteiger partial charge in [0.05, 0.1) is 0 Å². The largest absolute Gasteiger partial charge is 0.306 e. The van der Waals surface area contributed by atoms with Crippen molar-refractivity contribution in [3.63, 3.8) is 0 Å². The Morgan fingerprint density at radius 3 is 1.91 bits per heavy atom. The van der Waals surface area contributed by atoms with Crippen molar-refractivity contribution in [1.29, 1.82) is 0 Å². The smallest absolute Gasteiger partial charge is 0.0194 e. The first-order valence-electron chi connectivity index (χ1n) is 5.47. The predicted octanol–water partition coefficient (Wildman–Crippen LogP) is 3.01. The number of nitrogens with zero attached hydrogens (tertiary/aromatic N) is 1. The quantitative estimate of drug-likeness (QED) is 0.526. The highest BCUT2D eigenvalue weighted by atomic mass is 15.1. The lowest BCUT2D eigenvalue weighted by Crippen LogP contribution is -2.28. The molecule has 1 aliphatic rings. The summed E-state index contributed by atoms with van der Waals surface area (Å²) in [5, 5.41) is 0. The van der Waals surface area contributed by atoms with Crippen LogP contribution in [0.25, 0.3) is 0 Å². The van der Waals surface area contributed by atoms with Gasteiger partial charge in [-0.2, -0.15) is 0 Å². The number of likely N-dealkylation sites (tertiary alicyclic amines) is 1. The number of rotatable bonds is 0. The Morgan fingerprint density at radius 2 is 1.64 bits per heavy atom. The SMILES string of the molecule is CC.CC1CCN(C)CC1.[2H]C. The molecule has 0 aromatic heterocycles. The van der Waals surface area contributed by atoms with Crippen LogP contribution in [0.5, 0.6) is 0 Å². The first-order valence-corrected chi connectivity index (χ1v) is 4.47. The van der Waals surface area contributed by atoms with Crippen molar-refractivity contribution in [2.24, 2.45) is 5.92 Å². The van der Waals surface area contributed by atoms with E-state index in [2.05, 4.69) is 18.9 Å². The maximum Gasteiger partial charge on any atom is 0.0194 e. The van der Waals surface area contributed by atoms with Crippen LogP contribution in [-0.2, 0) is 0 Å². The predicted molar refractivity (Wildman–Crippen MR) is 54.0 cm³/mol. The lowest BCUT2D eigenvalue weighted by molar-refractivity contribution is 0.230. The van der Waals surface area contributed by atoms with Crippen LogP contribution in [0.15, 0.2) is 0 Å². The zero-order valence-corrected chi connectivity index (χ0v) is 8.85. The van der Waals surface area contributed by atoms with Crippen LogP contribution in [0.4, 0.5) is 0 Å². The normalized spacial score (nSPS) is 20.3. The maximum atomic E-state index is 5.75. The van der Waals surface area contributed by atoms with Gasteiger partial charge in [0, 0.05) is 1.37 Å². The van der Waals surface area contributed by atoms with E-state index in [0.717, 1.165) is 5.92 Å². The first kappa shape index (κ1) is 11.0. The van der Waals surface area contributed by atoms with E-state index in [4.69, 9.17) is 1.37 Å². The summed E-state index contributed by atoms with van der Waals surface area (Å²) < 4.78 is 5.75. The second-order valence-electron chi connectivity index (χ2n) is 2.99. The Bertz CT molecular complexity index is 58.2. The topological polar surface area (TPSA) is 3.24 Å². The van der Waals surface area contributed by atoms with Crippen LogP contribution in [0.1, 0.15) is 42.4 Å². The molecular weight excluding hydrogens is 134 g/mol. The zero-order valence-electron chi connectivity index (χ0n) is 9.85. The van der Waals surface area contributed by atoms with Gasteiger partial charge in [-0.3, -0.25) is 0 Å². The molecule has 0 aromatic carbocycles. The molecule has 0 amide bonds. The molecule has 0 unspecified atom stereocenters. The Kier molecular flexibility index (Phi) is 8.03. The summed E-state index contributed by atoms with van der Waals surface area (Å²) >= 11 is 0. The van der Waals surface area contributed by atoms with E-state index in [1.807, 2.05) is 13.8 Å². The molecule has 1 fully saturated rings. The van der Waals surface area contributed by atoms with Crippen molar-refractivity contribution in [3.8, 4) is 0 Å². The molecule has 0 bridgehead atoms. The molecule has 0 radical (unpaired) electrons. The molecule has 0 atom stereocenters. The van der Waals surface area contributed by atoms with Crippen molar-refractivity contribution in [2.45, 2.75) is 41.0 Å². The van der Waals surface area contributed by atoms with Gasteiger partial charge < -0.3 is 4.90 Å². The van der Waals surface area contributed by atoms with Crippen molar-refractivity contribution in [2.75, 3.05) is 20.1 Å². The second-order valence-corrected chi connectivity index (χ2v) is 2.99. The summed E-state index contributed by atoms with van der Waals surface area (Å²) in [6, 6.07) is 0. The van der Waals surface area contributed by atoms with Gasteiger partial charge in [0.25, 0.3) is 0 Å². The Balaban J connectivity index is 0. The monoisotopic (exact) mass is 160 g/mol. The average molecular weight is 160 g/mol. The summed E-state index contributed by atoms with van der Waals surface area (Å²) in [5.74, 6) is 0.978. The first-order chi connectivity index (χ1) is 5.79. The summed E-state index contributed by atoms with van der Waals surface area (Å²) in [6.45, 7) is 8.95. The van der Waals surface area contributed by atoms with E-state index in [9.17, 15) is 0 Å². The van der Waals surface area contributed by atoms with Gasteiger partial charge in [-0.15, -0.1) is 0 Å². The third-order valence-electron chi connectivity index (χ3n) is 2.01. The number of hydrogen-bond acceptors (Lipinski definition) is 1. The fourth-order valence-electron chi connectivity index (χ4n) is 1.14. The highest BCUT2D eigenvalue weighted by Gasteiger charge is 2.10. The molecule has 1 saturated heterocycles. The molecule has 0 aromatic rings. The Hall–Kier alpha value is -0.0400. The van der Waals surface area contributed by atoms with Crippen LogP contribution in [-0.4, -0.2) is 25.0 Å². The minimum atomic E-state index is 0.978. The van der Waals surface area contributed by atoms with Gasteiger partial charge in [-0.25, -0.2) is 0 Å². The van der Waals surface area contributed by atoms with Crippen molar-refractivity contribution in [1.82, 2.24) is 4.90 Å². The van der Waals surface area contributed by atoms with Crippen molar-refractivity contribution < 1.29 is 1.37 Å². The third-order valence-corrected chi connectivity index (χ3v) is 2.01. The average Bonchev–Trinajstić information content (AvgIpc) is 2.17. The molecule has 0 N–H and O–H groups in total. The molecule has 11 heavy (non-hydrogen) atoms. The van der Waals surface area contributed by atoms with Crippen LogP contribution >= 0.6 is 0 Å². The van der Waals surface area contributed by atoms with Crippen LogP contribution in [0, 0.1) is 5.92 Å². The third kappa shape index (κ3) is 6.36. The minimum absolute atomic E-state index is 0.978. The molecule has 0 aliphatic carbocycles. The molecule has 1 heteroatoms. The van der Waals surface area contributed by atoms with E-state index < -0.39 is 0 Å². The van der Waals surface area contributed by atoms with Gasteiger partial charge in [0.2, 0.25) is 0 Å². The zero-order chi connectivity index (χ0) is 9.98. The molecule has 0 spiro atoms. The lowest BCUT2D eigenvalue weighted by Gasteiger charge is -2.26. The van der Waals surface area contributed by atoms with Gasteiger partial charge in [0.1, 0.15) is 0 Å². The second kappa shape index (κ2) is 8.06. The summed E-state index contributed by atoms with van der Waals surface area (Å²) in [6.07, 6.45) is 2.80. The van der Waals surface area contributed by atoms with Crippen LogP contribution in [0.2, 0.25) is 0 Å². The van der Waals surface area contributed by atoms with Crippen LogP contribution < -0.4 is 0 Å². The van der Waals surface area contributed by atoms with Crippen molar-refractivity contribution in [3.05, 3.63) is 0 Å². The molecule has 0 saturated carbocycles. The van der Waals surface area contributed by atoms with Crippen LogP contribution in [0.3, 0.4) is 0 Å². The van der Waals surface area contributed by atoms with Gasteiger partial charge in [-0.05, 0) is 38.9 Å². The highest BCUT2D eigenvalue weighted by Crippen LogP contribution is 2.13. The standard InChI is InChI=1S/C7H15N.C2H6.CH4/c1-7-3-5-8(2)6-4-7;1-2;/h7H,3-6H2,1-2H3;1-2H3;1H4/i;;1D. The molecule has 70 valence electrons. The van der Waals surface area contributed by atoms with E-state index in [-0.39, 0.29) is 0 Å². The highest BCUT2D eigenvalue weighted by molar-refractivity contribution is 4.65. The van der Waals surface area contributed by atoms with E-state index in [1.54, 1.807) is 0 Å². The van der Waals surface area contributed by atoms with E-state index in [0.29, 0.717) is 0 Å². The van der Waals surface area contributed by atoms with Gasteiger partial charge in [0.15, 0.2) is 0 Å². The summed E-state index contributed by atoms with van der Waals surface area (Å²) in [4.78, 5) is 2.40. The van der Waals surface area contributed by atoms with Gasteiger partial charge >= 0.3 is 0 Å². The fraction of sp³-hybridized carbons (Fsp3) is 1.00. The van der Waals surface area contributed by atoms with Crippen molar-refractivity contribution >= 4 is 0 Å². The number of hydrogen-bond donors (Lipinski definition) is 0. The fourth-order valence-corrected chi connectivity index (χ4v) is 1.14. The summed E-state index contributed by atoms with van der Waals surface area (Å²) in [5.41, 5.74) is 0. The molecule has 1 aliphatic heterocycles.